The predicted octanol–water partition coefficient (Wildman–Crippen LogP) is 2.50. The number of anilines is 1. The molecule has 3 N–H and O–H groups in total. The van der Waals surface area contributed by atoms with Gasteiger partial charge in [-0.15, -0.1) is 0 Å². The summed E-state index contributed by atoms with van der Waals surface area (Å²) in [7, 11) is 0. The lowest BCUT2D eigenvalue weighted by Gasteiger charge is -2.13. The Balaban J connectivity index is 1.84. The van der Waals surface area contributed by atoms with Crippen LogP contribution in [0.2, 0.25) is 0 Å². The summed E-state index contributed by atoms with van der Waals surface area (Å²) < 4.78 is 5.36. The zero-order valence-corrected chi connectivity index (χ0v) is 10.1. The molecule has 1 saturated heterocycles. The Bertz CT molecular complexity index is 366. The quantitative estimate of drug-likeness (QED) is 0.820. The number of allylic oxidation sites excluding steroid dienone is 1. The third-order valence-electron chi connectivity index (χ3n) is 3.07. The lowest BCUT2D eigenvalue weighted by Crippen LogP contribution is -2.06. The largest absolute Gasteiger partial charge is 0.381 e. The first-order valence-electron chi connectivity index (χ1n) is 6.09. The highest BCUT2D eigenvalue weighted by Gasteiger charge is 2.16. The molecule has 0 aromatic heterocycles. The summed E-state index contributed by atoms with van der Waals surface area (Å²) in [4.78, 5) is 0. The number of ether oxygens (including phenoxy) is 1. The highest BCUT2D eigenvalue weighted by Crippen LogP contribution is 2.21. The molecule has 92 valence electrons. The van der Waals surface area contributed by atoms with Gasteiger partial charge < -0.3 is 15.8 Å². The SMILES string of the molecule is C=C(CC1CCOC1)Nc1ccc(CN)cc1. The summed E-state index contributed by atoms with van der Waals surface area (Å²) in [6.07, 6.45) is 2.13. The van der Waals surface area contributed by atoms with E-state index in [1.807, 2.05) is 24.3 Å². The van der Waals surface area contributed by atoms with E-state index in [4.69, 9.17) is 10.5 Å². The third kappa shape index (κ3) is 3.58. The molecule has 0 bridgehead atoms. The van der Waals surface area contributed by atoms with Crippen LogP contribution in [0.1, 0.15) is 18.4 Å². The van der Waals surface area contributed by atoms with Crippen LogP contribution >= 0.6 is 0 Å². The molecular weight excluding hydrogens is 212 g/mol. The number of hydrogen-bond donors (Lipinski definition) is 2. The van der Waals surface area contributed by atoms with Gasteiger partial charge in [0, 0.05) is 31.1 Å². The first-order chi connectivity index (χ1) is 8.28. The molecule has 17 heavy (non-hydrogen) atoms. The van der Waals surface area contributed by atoms with E-state index in [1.54, 1.807) is 0 Å². The molecule has 0 radical (unpaired) electrons. The van der Waals surface area contributed by atoms with E-state index >= 15 is 0 Å². The second-order valence-corrected chi connectivity index (χ2v) is 4.56. The number of hydrogen-bond acceptors (Lipinski definition) is 3. The van der Waals surface area contributed by atoms with Crippen molar-refractivity contribution in [1.29, 1.82) is 0 Å². The minimum atomic E-state index is 0.584. The van der Waals surface area contributed by atoms with Crippen LogP contribution in [0.15, 0.2) is 36.5 Å². The van der Waals surface area contributed by atoms with Gasteiger partial charge in [-0.3, -0.25) is 0 Å². The van der Waals surface area contributed by atoms with Crippen molar-refractivity contribution in [3.63, 3.8) is 0 Å². The van der Waals surface area contributed by atoms with E-state index in [1.165, 1.54) is 0 Å². The van der Waals surface area contributed by atoms with Crippen molar-refractivity contribution in [3.8, 4) is 0 Å². The van der Waals surface area contributed by atoms with Crippen LogP contribution in [0, 0.1) is 5.92 Å². The van der Waals surface area contributed by atoms with Crippen LogP contribution in [-0.4, -0.2) is 13.2 Å². The van der Waals surface area contributed by atoms with Crippen molar-refractivity contribution in [2.75, 3.05) is 18.5 Å². The zero-order chi connectivity index (χ0) is 12.1. The number of nitrogens with two attached hydrogens (primary N) is 1. The molecule has 0 spiro atoms. The van der Waals surface area contributed by atoms with Crippen molar-refractivity contribution < 1.29 is 4.74 Å². The molecule has 0 aliphatic carbocycles. The highest BCUT2D eigenvalue weighted by molar-refractivity contribution is 5.48. The summed E-state index contributed by atoms with van der Waals surface area (Å²) >= 11 is 0. The van der Waals surface area contributed by atoms with E-state index in [2.05, 4.69) is 11.9 Å². The maximum atomic E-state index is 5.56. The van der Waals surface area contributed by atoms with Crippen molar-refractivity contribution in [3.05, 3.63) is 42.1 Å². The van der Waals surface area contributed by atoms with Crippen LogP contribution in [0.3, 0.4) is 0 Å². The zero-order valence-electron chi connectivity index (χ0n) is 10.1. The van der Waals surface area contributed by atoms with Gasteiger partial charge in [0.15, 0.2) is 0 Å². The molecule has 1 fully saturated rings. The summed E-state index contributed by atoms with van der Waals surface area (Å²) in [5.74, 6) is 0.623. The van der Waals surface area contributed by atoms with Gasteiger partial charge in [-0.2, -0.15) is 0 Å². The fourth-order valence-corrected chi connectivity index (χ4v) is 2.07. The first kappa shape index (κ1) is 12.1. The van der Waals surface area contributed by atoms with Crippen molar-refractivity contribution >= 4 is 5.69 Å². The van der Waals surface area contributed by atoms with Crippen LogP contribution in [0.5, 0.6) is 0 Å². The Labute approximate surface area is 103 Å². The van der Waals surface area contributed by atoms with E-state index < -0.39 is 0 Å². The van der Waals surface area contributed by atoms with Crippen LogP contribution in [-0.2, 0) is 11.3 Å². The fourth-order valence-electron chi connectivity index (χ4n) is 2.07. The lowest BCUT2D eigenvalue weighted by atomic mass is 10.0. The molecule has 0 amide bonds. The monoisotopic (exact) mass is 232 g/mol. The summed E-state index contributed by atoms with van der Waals surface area (Å²) in [5, 5.41) is 3.33. The maximum absolute atomic E-state index is 5.56. The lowest BCUT2D eigenvalue weighted by molar-refractivity contribution is 0.186. The van der Waals surface area contributed by atoms with E-state index in [-0.39, 0.29) is 0 Å². The second-order valence-electron chi connectivity index (χ2n) is 4.56. The fraction of sp³-hybridized carbons (Fsp3) is 0.429. The second kappa shape index (κ2) is 5.84. The van der Waals surface area contributed by atoms with E-state index in [0.29, 0.717) is 12.5 Å². The minimum absolute atomic E-state index is 0.584. The third-order valence-corrected chi connectivity index (χ3v) is 3.07. The van der Waals surface area contributed by atoms with Gasteiger partial charge in [0.25, 0.3) is 0 Å². The minimum Gasteiger partial charge on any atom is -0.381 e. The Kier molecular flexibility index (Phi) is 4.18. The first-order valence-corrected chi connectivity index (χ1v) is 6.09. The average molecular weight is 232 g/mol. The molecule has 2 rings (SSSR count). The molecule has 3 heteroatoms. The van der Waals surface area contributed by atoms with Gasteiger partial charge in [-0.1, -0.05) is 18.7 Å². The van der Waals surface area contributed by atoms with Crippen LogP contribution in [0.4, 0.5) is 5.69 Å². The Morgan fingerprint density at radius 3 is 2.76 bits per heavy atom. The van der Waals surface area contributed by atoms with Crippen molar-refractivity contribution in [1.82, 2.24) is 0 Å². The molecule has 0 saturated carbocycles. The Hall–Kier alpha value is -1.32. The standard InChI is InChI=1S/C14H20N2O/c1-11(8-13-6-7-17-10-13)16-14-4-2-12(9-15)3-5-14/h2-5,13,16H,1,6-10,15H2. The number of rotatable bonds is 5. The maximum Gasteiger partial charge on any atom is 0.0498 e. The highest BCUT2D eigenvalue weighted by atomic mass is 16.5. The van der Waals surface area contributed by atoms with Gasteiger partial charge in [0.2, 0.25) is 0 Å². The van der Waals surface area contributed by atoms with Gasteiger partial charge in [-0.25, -0.2) is 0 Å². The number of benzene rings is 1. The molecule has 1 aliphatic heterocycles. The summed E-state index contributed by atoms with van der Waals surface area (Å²) in [6, 6.07) is 8.15. The molecule has 1 heterocycles. The Morgan fingerprint density at radius 1 is 1.41 bits per heavy atom. The molecular formula is C14H20N2O. The van der Waals surface area contributed by atoms with Gasteiger partial charge in [-0.05, 0) is 36.5 Å². The normalized spacial score (nSPS) is 19.2. The van der Waals surface area contributed by atoms with E-state index in [9.17, 15) is 0 Å². The molecule has 1 atom stereocenters. The van der Waals surface area contributed by atoms with Gasteiger partial charge in [0.1, 0.15) is 0 Å². The molecule has 1 aromatic rings. The van der Waals surface area contributed by atoms with Crippen LogP contribution in [0.25, 0.3) is 0 Å². The smallest absolute Gasteiger partial charge is 0.0498 e. The van der Waals surface area contributed by atoms with Gasteiger partial charge in [0.05, 0.1) is 0 Å². The topological polar surface area (TPSA) is 47.3 Å². The summed E-state index contributed by atoms with van der Waals surface area (Å²) in [6.45, 7) is 6.41. The Morgan fingerprint density at radius 2 is 2.18 bits per heavy atom. The van der Waals surface area contributed by atoms with Gasteiger partial charge >= 0.3 is 0 Å². The molecule has 3 nitrogen and oxygen atoms in total. The van der Waals surface area contributed by atoms with Crippen molar-refractivity contribution in [2.45, 2.75) is 19.4 Å². The number of nitrogens with one attached hydrogen (secondary N) is 1. The molecule has 1 aromatic carbocycles. The van der Waals surface area contributed by atoms with Crippen LogP contribution < -0.4 is 11.1 Å². The molecule has 1 unspecified atom stereocenters. The van der Waals surface area contributed by atoms with E-state index in [0.717, 1.165) is 43.0 Å². The summed E-state index contributed by atoms with van der Waals surface area (Å²) in [5.41, 5.74) is 8.83. The molecule has 1 aliphatic rings. The average Bonchev–Trinajstić information content (AvgIpc) is 2.82. The van der Waals surface area contributed by atoms with Crippen molar-refractivity contribution in [2.24, 2.45) is 11.7 Å². The predicted molar refractivity (Wildman–Crippen MR) is 70.6 cm³/mol.